The number of nitrogens with zero attached hydrogens (tertiary/aromatic N) is 2. The molecule has 2 aromatic carbocycles. The number of nitrogens with one attached hydrogen (secondary N) is 1. The van der Waals surface area contributed by atoms with Crippen molar-refractivity contribution in [2.24, 2.45) is 5.73 Å². The van der Waals surface area contributed by atoms with Gasteiger partial charge in [-0.2, -0.15) is 0 Å². The van der Waals surface area contributed by atoms with E-state index in [9.17, 15) is 14.4 Å². The van der Waals surface area contributed by atoms with Crippen LogP contribution in [0.25, 0.3) is 0 Å². The fraction of sp³-hybridized carbons (Fsp3) is 0.286. The highest BCUT2D eigenvalue weighted by molar-refractivity contribution is 6.35. The summed E-state index contributed by atoms with van der Waals surface area (Å²) >= 11 is 12.0. The second kappa shape index (κ2) is 9.82. The summed E-state index contributed by atoms with van der Waals surface area (Å²) in [5.74, 6) is -0.418. The topological polar surface area (TPSA) is 95.7 Å². The Morgan fingerprint density at radius 3 is 2.07 bits per heavy atom. The van der Waals surface area contributed by atoms with Crippen LogP contribution in [0.1, 0.15) is 15.9 Å². The summed E-state index contributed by atoms with van der Waals surface area (Å²) in [6, 6.07) is 12.6. The number of carbonyl (C=O) groups excluding carboxylic acids is 3. The Labute approximate surface area is 184 Å². The van der Waals surface area contributed by atoms with E-state index in [1.807, 2.05) is 30.3 Å². The number of benzene rings is 2. The van der Waals surface area contributed by atoms with Crippen molar-refractivity contribution >= 4 is 41.0 Å². The maximum Gasteiger partial charge on any atom is 0.312 e. The van der Waals surface area contributed by atoms with E-state index < -0.39 is 12.1 Å². The molecule has 0 aliphatic carbocycles. The molecule has 0 aromatic heterocycles. The van der Waals surface area contributed by atoms with Gasteiger partial charge in [-0.15, -0.1) is 0 Å². The normalized spacial score (nSPS) is 14.9. The molecule has 1 aliphatic heterocycles. The van der Waals surface area contributed by atoms with E-state index in [1.165, 1.54) is 0 Å². The van der Waals surface area contributed by atoms with Crippen molar-refractivity contribution in [3.05, 3.63) is 69.7 Å². The third-order valence-electron chi connectivity index (χ3n) is 4.89. The molecule has 2 aromatic rings. The molecule has 3 rings (SSSR count). The molecule has 9 heteroatoms. The molecule has 3 N–H and O–H groups in total. The monoisotopic (exact) mass is 448 g/mol. The lowest BCUT2D eigenvalue weighted by atomic mass is 10.0. The Kier molecular flexibility index (Phi) is 7.18. The van der Waals surface area contributed by atoms with Gasteiger partial charge in [-0.1, -0.05) is 53.5 Å². The molecule has 0 radical (unpaired) electrons. The molecule has 1 atom stereocenters. The Bertz CT molecular complexity index is 911. The highest BCUT2D eigenvalue weighted by Gasteiger charge is 2.30. The summed E-state index contributed by atoms with van der Waals surface area (Å²) in [6.45, 7) is 1.43. The largest absolute Gasteiger partial charge is 0.352 e. The van der Waals surface area contributed by atoms with E-state index in [2.05, 4.69) is 5.32 Å². The summed E-state index contributed by atoms with van der Waals surface area (Å²) < 4.78 is 0. The van der Waals surface area contributed by atoms with Crippen LogP contribution in [0.3, 0.4) is 0 Å². The van der Waals surface area contributed by atoms with Crippen LogP contribution in [0.2, 0.25) is 10.0 Å². The number of primary amides is 1. The van der Waals surface area contributed by atoms with Gasteiger partial charge in [0.05, 0.1) is 0 Å². The SMILES string of the molecule is NC(=O)N[C@H](Cc1ccccc1)C(=O)N1CCN(C(=O)c2cc(Cl)cc(Cl)c2)CC1. The molecule has 0 unspecified atom stereocenters. The van der Waals surface area contributed by atoms with Gasteiger partial charge in [0.15, 0.2) is 0 Å². The molecule has 1 aliphatic rings. The highest BCUT2D eigenvalue weighted by atomic mass is 35.5. The Hall–Kier alpha value is -2.77. The van der Waals surface area contributed by atoms with Crippen LogP contribution >= 0.6 is 23.2 Å². The van der Waals surface area contributed by atoms with Crippen LogP contribution in [-0.2, 0) is 11.2 Å². The van der Waals surface area contributed by atoms with Crippen LogP contribution in [-0.4, -0.2) is 59.9 Å². The predicted molar refractivity (Wildman–Crippen MR) is 116 cm³/mol. The molecule has 30 heavy (non-hydrogen) atoms. The number of piperazine rings is 1. The van der Waals surface area contributed by atoms with Crippen molar-refractivity contribution in [3.8, 4) is 0 Å². The molecule has 0 saturated carbocycles. The van der Waals surface area contributed by atoms with Gasteiger partial charge in [-0.3, -0.25) is 9.59 Å². The number of urea groups is 1. The first kappa shape index (κ1) is 21.9. The van der Waals surface area contributed by atoms with Gasteiger partial charge in [0, 0.05) is 48.2 Å². The van der Waals surface area contributed by atoms with Gasteiger partial charge in [-0.05, 0) is 23.8 Å². The number of rotatable bonds is 5. The van der Waals surface area contributed by atoms with E-state index in [0.717, 1.165) is 5.56 Å². The summed E-state index contributed by atoms with van der Waals surface area (Å²) in [7, 11) is 0. The van der Waals surface area contributed by atoms with Gasteiger partial charge < -0.3 is 20.9 Å². The summed E-state index contributed by atoms with van der Waals surface area (Å²) in [4.78, 5) is 40.4. The summed E-state index contributed by atoms with van der Waals surface area (Å²) in [5, 5.41) is 3.32. The van der Waals surface area contributed by atoms with Gasteiger partial charge in [0.25, 0.3) is 5.91 Å². The zero-order valence-electron chi connectivity index (χ0n) is 16.2. The fourth-order valence-electron chi connectivity index (χ4n) is 3.43. The number of amides is 4. The number of nitrogens with two attached hydrogens (primary N) is 1. The van der Waals surface area contributed by atoms with Gasteiger partial charge in [0.1, 0.15) is 6.04 Å². The lowest BCUT2D eigenvalue weighted by molar-refractivity contribution is -0.134. The quantitative estimate of drug-likeness (QED) is 0.735. The molecule has 158 valence electrons. The van der Waals surface area contributed by atoms with E-state index >= 15 is 0 Å². The predicted octanol–water partition coefficient (Wildman–Crippen LogP) is 2.56. The van der Waals surface area contributed by atoms with Gasteiger partial charge >= 0.3 is 6.03 Å². The minimum atomic E-state index is -0.765. The van der Waals surface area contributed by atoms with E-state index in [-0.39, 0.29) is 11.8 Å². The first-order valence-electron chi connectivity index (χ1n) is 9.47. The fourth-order valence-corrected chi connectivity index (χ4v) is 3.96. The maximum absolute atomic E-state index is 13.0. The standard InChI is InChI=1S/C21H22Cl2N4O3/c22-16-11-15(12-17(23)13-16)19(28)26-6-8-27(9-7-26)20(29)18(25-21(24)30)10-14-4-2-1-3-5-14/h1-5,11-13,18H,6-10H2,(H3,24,25,30)/t18-/m1/s1. The molecular weight excluding hydrogens is 427 g/mol. The summed E-state index contributed by atoms with van der Waals surface area (Å²) in [5.41, 5.74) is 6.59. The lowest BCUT2D eigenvalue weighted by Crippen LogP contribution is -2.57. The molecule has 0 spiro atoms. The van der Waals surface area contributed by atoms with E-state index in [4.69, 9.17) is 28.9 Å². The second-order valence-electron chi connectivity index (χ2n) is 7.03. The Balaban J connectivity index is 1.63. The number of hydrogen-bond acceptors (Lipinski definition) is 3. The van der Waals surface area contributed by atoms with Crippen LogP contribution in [0, 0.1) is 0 Å². The molecule has 0 bridgehead atoms. The maximum atomic E-state index is 13.0. The third-order valence-corrected chi connectivity index (χ3v) is 5.32. The average molecular weight is 449 g/mol. The van der Waals surface area contributed by atoms with Crippen molar-refractivity contribution in [3.63, 3.8) is 0 Å². The van der Waals surface area contributed by atoms with Crippen molar-refractivity contribution < 1.29 is 14.4 Å². The average Bonchev–Trinajstić information content (AvgIpc) is 2.72. The van der Waals surface area contributed by atoms with Crippen molar-refractivity contribution in [2.45, 2.75) is 12.5 Å². The first-order valence-corrected chi connectivity index (χ1v) is 10.2. The molecular formula is C21H22Cl2N4O3. The van der Waals surface area contributed by atoms with Crippen LogP contribution in [0.4, 0.5) is 4.79 Å². The van der Waals surface area contributed by atoms with Crippen LogP contribution < -0.4 is 11.1 Å². The zero-order chi connectivity index (χ0) is 21.7. The molecule has 1 saturated heterocycles. The zero-order valence-corrected chi connectivity index (χ0v) is 17.7. The molecule has 7 nitrogen and oxygen atoms in total. The number of hydrogen-bond donors (Lipinski definition) is 2. The number of carbonyl (C=O) groups is 3. The van der Waals surface area contributed by atoms with Crippen LogP contribution in [0.15, 0.2) is 48.5 Å². The van der Waals surface area contributed by atoms with Gasteiger partial charge in [-0.25, -0.2) is 4.79 Å². The van der Waals surface area contributed by atoms with Gasteiger partial charge in [0.2, 0.25) is 5.91 Å². The smallest absolute Gasteiger partial charge is 0.312 e. The second-order valence-corrected chi connectivity index (χ2v) is 7.90. The highest BCUT2D eigenvalue weighted by Crippen LogP contribution is 2.21. The lowest BCUT2D eigenvalue weighted by Gasteiger charge is -2.36. The molecule has 4 amide bonds. The number of halogens is 2. The summed E-state index contributed by atoms with van der Waals surface area (Å²) in [6.07, 6.45) is 0.336. The van der Waals surface area contributed by atoms with Crippen molar-refractivity contribution in [1.29, 1.82) is 0 Å². The Morgan fingerprint density at radius 2 is 1.50 bits per heavy atom. The third kappa shape index (κ3) is 5.64. The van der Waals surface area contributed by atoms with Crippen LogP contribution in [0.5, 0.6) is 0 Å². The van der Waals surface area contributed by atoms with E-state index in [0.29, 0.717) is 48.2 Å². The molecule has 1 fully saturated rings. The minimum absolute atomic E-state index is 0.192. The molecule has 1 heterocycles. The van der Waals surface area contributed by atoms with E-state index in [1.54, 1.807) is 28.0 Å². The first-order chi connectivity index (χ1) is 14.3. The van der Waals surface area contributed by atoms with Crippen molar-refractivity contribution in [1.82, 2.24) is 15.1 Å². The minimum Gasteiger partial charge on any atom is -0.352 e. The Morgan fingerprint density at radius 1 is 0.933 bits per heavy atom. The van der Waals surface area contributed by atoms with Crippen molar-refractivity contribution in [2.75, 3.05) is 26.2 Å².